The van der Waals surface area contributed by atoms with E-state index < -0.39 is 17.6 Å². The first-order chi connectivity index (χ1) is 15.1. The van der Waals surface area contributed by atoms with Crippen LogP contribution in [0.15, 0.2) is 65.8 Å². The summed E-state index contributed by atoms with van der Waals surface area (Å²) >= 11 is 4.14. The van der Waals surface area contributed by atoms with E-state index in [9.17, 15) is 22.4 Å². The van der Waals surface area contributed by atoms with Gasteiger partial charge in [-0.15, -0.1) is 0 Å². The lowest BCUT2D eigenvalue weighted by Crippen LogP contribution is -2.18. The molecule has 0 aliphatic heterocycles. The smallest absolute Gasteiger partial charge is 0.416 e. The number of carbonyl (C=O) groups excluding carboxylic acids is 1. The highest BCUT2D eigenvalue weighted by atomic mass is 127. The minimum atomic E-state index is -4.54. The average Bonchev–Trinajstić information content (AvgIpc) is 2.74. The first-order valence-electron chi connectivity index (χ1n) is 9.01. The van der Waals surface area contributed by atoms with Crippen LogP contribution >= 0.6 is 45.2 Å². The normalized spacial score (nSPS) is 11.6. The second-order valence-corrected chi connectivity index (χ2v) is 8.80. The van der Waals surface area contributed by atoms with E-state index in [1.165, 1.54) is 18.3 Å². The zero-order chi connectivity index (χ0) is 23.3. The summed E-state index contributed by atoms with van der Waals surface area (Å²) in [7, 11) is 0. The molecule has 0 saturated carbocycles. The van der Waals surface area contributed by atoms with Crippen molar-refractivity contribution in [3.63, 3.8) is 0 Å². The van der Waals surface area contributed by atoms with Crippen LogP contribution in [0.1, 0.15) is 27.0 Å². The molecule has 0 aliphatic rings. The molecule has 3 rings (SSSR count). The number of hydrogen-bond acceptors (Lipinski definition) is 3. The molecule has 0 radical (unpaired) electrons. The third-order valence-corrected chi connectivity index (χ3v) is 5.78. The minimum absolute atomic E-state index is 0.0686. The standard InChI is InChI=1S/C22H14F4I2N2O2/c23-17-7-2-1-4-15(17)12-32-20-18(27)8-13(9-19(20)28)11-29-30-21(31)14-5-3-6-16(10-14)22(24,25)26/h1-11H,12H2,(H,30,31)/b29-11-. The zero-order valence-corrected chi connectivity index (χ0v) is 20.4. The summed E-state index contributed by atoms with van der Waals surface area (Å²) in [5.74, 6) is -0.529. The van der Waals surface area contributed by atoms with Crippen molar-refractivity contribution < 1.29 is 27.1 Å². The molecule has 0 saturated heterocycles. The largest absolute Gasteiger partial charge is 0.487 e. The highest BCUT2D eigenvalue weighted by molar-refractivity contribution is 14.1. The molecule has 0 spiro atoms. The van der Waals surface area contributed by atoms with E-state index in [4.69, 9.17) is 4.74 Å². The van der Waals surface area contributed by atoms with Gasteiger partial charge in [-0.2, -0.15) is 18.3 Å². The summed E-state index contributed by atoms with van der Waals surface area (Å²) < 4.78 is 59.4. The first-order valence-corrected chi connectivity index (χ1v) is 11.2. The molecule has 0 atom stereocenters. The SMILES string of the molecule is O=C(N/N=C\c1cc(I)c(OCc2ccccc2F)c(I)c1)c1cccc(C(F)(F)F)c1. The number of alkyl halides is 3. The fourth-order valence-corrected chi connectivity index (χ4v) is 4.75. The Kier molecular flexibility index (Phi) is 8.09. The van der Waals surface area contributed by atoms with Gasteiger partial charge in [-0.25, -0.2) is 9.82 Å². The molecule has 0 unspecified atom stereocenters. The van der Waals surface area contributed by atoms with Gasteiger partial charge in [0.25, 0.3) is 5.91 Å². The summed E-state index contributed by atoms with van der Waals surface area (Å²) in [4.78, 5) is 12.1. The monoisotopic (exact) mass is 668 g/mol. The third-order valence-electron chi connectivity index (χ3n) is 4.18. The van der Waals surface area contributed by atoms with Gasteiger partial charge >= 0.3 is 6.18 Å². The molecule has 0 bridgehead atoms. The Morgan fingerprint density at radius 3 is 2.38 bits per heavy atom. The van der Waals surface area contributed by atoms with Crippen LogP contribution in [0.5, 0.6) is 5.75 Å². The van der Waals surface area contributed by atoms with Crippen LogP contribution in [0, 0.1) is 13.0 Å². The molecule has 1 amide bonds. The predicted molar refractivity (Wildman–Crippen MR) is 129 cm³/mol. The van der Waals surface area contributed by atoms with Gasteiger partial charge in [-0.3, -0.25) is 4.79 Å². The molecule has 32 heavy (non-hydrogen) atoms. The average molecular weight is 668 g/mol. The molecule has 0 fully saturated rings. The van der Waals surface area contributed by atoms with E-state index in [-0.39, 0.29) is 18.0 Å². The van der Waals surface area contributed by atoms with Gasteiger partial charge in [-0.1, -0.05) is 24.3 Å². The molecule has 4 nitrogen and oxygen atoms in total. The Labute approximate surface area is 208 Å². The number of halogens is 6. The second kappa shape index (κ2) is 10.6. The molecule has 0 aliphatic carbocycles. The van der Waals surface area contributed by atoms with Crippen molar-refractivity contribution in [3.8, 4) is 5.75 Å². The molecular formula is C22H14F4I2N2O2. The van der Waals surface area contributed by atoms with Gasteiger partial charge in [0.15, 0.2) is 0 Å². The van der Waals surface area contributed by atoms with Gasteiger partial charge in [0.1, 0.15) is 18.2 Å². The van der Waals surface area contributed by atoms with E-state index in [1.54, 1.807) is 30.3 Å². The van der Waals surface area contributed by atoms with Gasteiger partial charge in [0, 0.05) is 11.1 Å². The quantitative estimate of drug-likeness (QED) is 0.143. The van der Waals surface area contributed by atoms with Crippen LogP contribution < -0.4 is 10.2 Å². The number of nitrogens with one attached hydrogen (secondary N) is 1. The van der Waals surface area contributed by atoms with Crippen LogP contribution in [-0.4, -0.2) is 12.1 Å². The maximum absolute atomic E-state index is 13.8. The molecule has 1 N–H and O–H groups in total. The van der Waals surface area contributed by atoms with E-state index in [0.29, 0.717) is 16.9 Å². The van der Waals surface area contributed by atoms with E-state index in [1.807, 2.05) is 0 Å². The number of hydrogen-bond donors (Lipinski definition) is 1. The minimum Gasteiger partial charge on any atom is -0.487 e. The van der Waals surface area contributed by atoms with Crippen molar-refractivity contribution >= 4 is 57.3 Å². The van der Waals surface area contributed by atoms with Gasteiger partial charge < -0.3 is 4.74 Å². The Balaban J connectivity index is 1.66. The lowest BCUT2D eigenvalue weighted by molar-refractivity contribution is -0.137. The Morgan fingerprint density at radius 1 is 1.03 bits per heavy atom. The van der Waals surface area contributed by atoms with Crippen molar-refractivity contribution in [2.45, 2.75) is 12.8 Å². The van der Waals surface area contributed by atoms with E-state index in [2.05, 4.69) is 55.7 Å². The molecule has 0 heterocycles. The van der Waals surface area contributed by atoms with Crippen LogP contribution in [0.4, 0.5) is 17.6 Å². The third kappa shape index (κ3) is 6.40. The Morgan fingerprint density at radius 2 is 1.72 bits per heavy atom. The maximum atomic E-state index is 13.8. The molecular weight excluding hydrogens is 654 g/mol. The van der Waals surface area contributed by atoms with Gasteiger partial charge in [0.05, 0.1) is 18.9 Å². The topological polar surface area (TPSA) is 50.7 Å². The molecule has 166 valence electrons. The highest BCUT2D eigenvalue weighted by Crippen LogP contribution is 2.30. The Bertz CT molecular complexity index is 1140. The van der Waals surface area contributed by atoms with E-state index >= 15 is 0 Å². The summed E-state index contributed by atoms with van der Waals surface area (Å²) in [5, 5.41) is 3.82. The number of benzene rings is 3. The van der Waals surface area contributed by atoms with Gasteiger partial charge in [0.2, 0.25) is 0 Å². The number of rotatable bonds is 6. The first kappa shape index (κ1) is 24.4. The zero-order valence-electron chi connectivity index (χ0n) is 16.1. The highest BCUT2D eigenvalue weighted by Gasteiger charge is 2.30. The number of hydrazone groups is 1. The number of amides is 1. The summed E-state index contributed by atoms with van der Waals surface area (Å²) in [6.07, 6.45) is -3.17. The molecule has 0 aromatic heterocycles. The molecule has 10 heteroatoms. The molecule has 3 aromatic carbocycles. The summed E-state index contributed by atoms with van der Waals surface area (Å²) in [6.45, 7) is 0.0686. The Hall–Kier alpha value is -2.22. The number of nitrogens with zero attached hydrogens (tertiary/aromatic N) is 1. The van der Waals surface area contributed by atoms with Crippen LogP contribution in [-0.2, 0) is 12.8 Å². The predicted octanol–water partition coefficient (Wildman–Crippen LogP) is 6.40. The second-order valence-electron chi connectivity index (χ2n) is 6.47. The molecule has 3 aromatic rings. The van der Waals surface area contributed by atoms with Crippen molar-refractivity contribution in [2.24, 2.45) is 5.10 Å². The van der Waals surface area contributed by atoms with Crippen molar-refractivity contribution in [3.05, 3.63) is 95.9 Å². The van der Waals surface area contributed by atoms with Crippen molar-refractivity contribution in [2.75, 3.05) is 0 Å². The van der Waals surface area contributed by atoms with E-state index in [0.717, 1.165) is 25.3 Å². The number of ether oxygens (including phenoxy) is 1. The van der Waals surface area contributed by atoms with Crippen LogP contribution in [0.2, 0.25) is 0 Å². The van der Waals surface area contributed by atoms with Crippen LogP contribution in [0.25, 0.3) is 0 Å². The summed E-state index contributed by atoms with van der Waals surface area (Å²) in [5.41, 5.74) is 2.22. The van der Waals surface area contributed by atoms with Crippen molar-refractivity contribution in [1.29, 1.82) is 0 Å². The number of carbonyl (C=O) groups is 1. The fraction of sp³-hybridized carbons (Fsp3) is 0.0909. The lowest BCUT2D eigenvalue weighted by atomic mass is 10.1. The van der Waals surface area contributed by atoms with Gasteiger partial charge in [-0.05, 0) is 87.1 Å². The lowest BCUT2D eigenvalue weighted by Gasteiger charge is -2.12. The van der Waals surface area contributed by atoms with Crippen LogP contribution in [0.3, 0.4) is 0 Å². The summed E-state index contributed by atoms with van der Waals surface area (Å²) in [6, 6.07) is 13.9. The maximum Gasteiger partial charge on any atom is 0.416 e. The fourth-order valence-electron chi connectivity index (χ4n) is 2.62. The van der Waals surface area contributed by atoms with Crippen molar-refractivity contribution in [1.82, 2.24) is 5.43 Å².